The standard InChI is InChI=1S/C23H23BrN2O5S/c1-4-30-18-10-15(11-20-22(28)26(14(2)3)23(29)32-20)17(24)12-19(18)31-13-21(27)25-16-8-6-5-7-9-16/h5-12,14H,4,13H2,1-3H3,(H,25,27)/b20-11+. The Morgan fingerprint density at radius 2 is 1.84 bits per heavy atom. The number of thioether (sulfide) groups is 1. The first-order chi connectivity index (χ1) is 15.3. The minimum atomic E-state index is -0.322. The molecule has 1 heterocycles. The number of ether oxygens (including phenoxy) is 2. The van der Waals surface area contributed by atoms with Crippen molar-refractivity contribution in [3.8, 4) is 11.5 Å². The van der Waals surface area contributed by atoms with Crippen LogP contribution in [0.3, 0.4) is 0 Å². The number of imide groups is 1. The van der Waals surface area contributed by atoms with E-state index in [1.165, 1.54) is 4.90 Å². The Balaban J connectivity index is 1.78. The summed E-state index contributed by atoms with van der Waals surface area (Å²) in [7, 11) is 0. The van der Waals surface area contributed by atoms with Crippen LogP contribution >= 0.6 is 27.7 Å². The molecule has 1 fully saturated rings. The van der Waals surface area contributed by atoms with Crippen molar-refractivity contribution in [1.29, 1.82) is 0 Å². The van der Waals surface area contributed by atoms with Gasteiger partial charge in [0, 0.05) is 16.2 Å². The summed E-state index contributed by atoms with van der Waals surface area (Å²) in [6.45, 7) is 5.61. The minimum Gasteiger partial charge on any atom is -0.490 e. The number of hydrogen-bond acceptors (Lipinski definition) is 6. The predicted octanol–water partition coefficient (Wildman–Crippen LogP) is 5.31. The van der Waals surface area contributed by atoms with Gasteiger partial charge in [-0.3, -0.25) is 19.3 Å². The molecule has 0 saturated carbocycles. The zero-order valence-corrected chi connectivity index (χ0v) is 20.3. The van der Waals surface area contributed by atoms with Crippen molar-refractivity contribution in [3.63, 3.8) is 0 Å². The van der Waals surface area contributed by atoms with Gasteiger partial charge in [0.15, 0.2) is 18.1 Å². The monoisotopic (exact) mass is 518 g/mol. The molecule has 1 aliphatic heterocycles. The van der Waals surface area contributed by atoms with Gasteiger partial charge in [0.25, 0.3) is 17.1 Å². The summed E-state index contributed by atoms with van der Waals surface area (Å²) >= 11 is 4.38. The lowest BCUT2D eigenvalue weighted by molar-refractivity contribution is -0.123. The lowest BCUT2D eigenvalue weighted by Gasteiger charge is -2.16. The van der Waals surface area contributed by atoms with Gasteiger partial charge >= 0.3 is 0 Å². The van der Waals surface area contributed by atoms with Crippen LogP contribution in [0.2, 0.25) is 0 Å². The smallest absolute Gasteiger partial charge is 0.293 e. The molecule has 0 radical (unpaired) electrons. The Kier molecular flexibility index (Phi) is 7.98. The SMILES string of the molecule is CCOc1cc(/C=C2/SC(=O)N(C(C)C)C2=O)c(Br)cc1OCC(=O)Nc1ccccc1. The van der Waals surface area contributed by atoms with E-state index in [0.717, 1.165) is 11.8 Å². The van der Waals surface area contributed by atoms with Gasteiger partial charge in [-0.05, 0) is 68.4 Å². The van der Waals surface area contributed by atoms with Gasteiger partial charge in [-0.25, -0.2) is 0 Å². The number of carbonyl (C=O) groups excluding carboxylic acids is 3. The highest BCUT2D eigenvalue weighted by molar-refractivity contribution is 9.10. The average molecular weight is 519 g/mol. The van der Waals surface area contributed by atoms with Crippen molar-refractivity contribution >= 4 is 56.5 Å². The fraction of sp³-hybridized carbons (Fsp3) is 0.261. The molecule has 9 heteroatoms. The minimum absolute atomic E-state index is 0.200. The summed E-state index contributed by atoms with van der Waals surface area (Å²) in [4.78, 5) is 38.5. The van der Waals surface area contributed by atoms with Gasteiger partial charge in [-0.2, -0.15) is 0 Å². The Labute approximate surface area is 199 Å². The average Bonchev–Trinajstić information content (AvgIpc) is 3.03. The van der Waals surface area contributed by atoms with Crippen LogP contribution in [0.4, 0.5) is 10.5 Å². The third-order valence-electron chi connectivity index (χ3n) is 4.41. The highest BCUT2D eigenvalue weighted by Crippen LogP contribution is 2.38. The maximum absolute atomic E-state index is 12.6. The molecule has 0 atom stereocenters. The molecule has 0 aliphatic carbocycles. The number of hydrogen-bond donors (Lipinski definition) is 1. The lowest BCUT2D eigenvalue weighted by Crippen LogP contribution is -2.34. The number of benzene rings is 2. The van der Waals surface area contributed by atoms with E-state index in [1.807, 2.05) is 25.1 Å². The van der Waals surface area contributed by atoms with Crippen LogP contribution in [0.25, 0.3) is 6.08 Å². The summed E-state index contributed by atoms with van der Waals surface area (Å²) in [5.41, 5.74) is 1.33. The van der Waals surface area contributed by atoms with E-state index >= 15 is 0 Å². The van der Waals surface area contributed by atoms with Gasteiger partial charge < -0.3 is 14.8 Å². The molecular formula is C23H23BrN2O5S. The zero-order chi connectivity index (χ0) is 23.3. The topological polar surface area (TPSA) is 84.9 Å². The molecule has 1 aliphatic rings. The Bertz CT molecular complexity index is 1060. The number of nitrogens with zero attached hydrogens (tertiary/aromatic N) is 1. The van der Waals surface area contributed by atoms with Crippen molar-refractivity contribution in [2.75, 3.05) is 18.5 Å². The molecule has 1 saturated heterocycles. The van der Waals surface area contributed by atoms with Crippen molar-refractivity contribution in [1.82, 2.24) is 4.90 Å². The number of para-hydroxylation sites is 1. The highest BCUT2D eigenvalue weighted by atomic mass is 79.9. The predicted molar refractivity (Wildman–Crippen MR) is 129 cm³/mol. The summed E-state index contributed by atoms with van der Waals surface area (Å²) in [6, 6.07) is 12.3. The van der Waals surface area contributed by atoms with Gasteiger partial charge in [-0.15, -0.1) is 0 Å². The summed E-state index contributed by atoms with van der Waals surface area (Å²) in [5.74, 6) is 0.186. The van der Waals surface area contributed by atoms with E-state index in [4.69, 9.17) is 9.47 Å². The number of halogens is 1. The van der Waals surface area contributed by atoms with Crippen LogP contribution in [0.15, 0.2) is 51.8 Å². The Morgan fingerprint density at radius 3 is 2.47 bits per heavy atom. The van der Waals surface area contributed by atoms with Crippen LogP contribution in [-0.2, 0) is 9.59 Å². The third kappa shape index (κ3) is 5.72. The molecule has 32 heavy (non-hydrogen) atoms. The number of carbonyl (C=O) groups is 3. The molecule has 3 amide bonds. The molecule has 168 valence electrons. The summed E-state index contributed by atoms with van der Waals surface area (Å²) in [5, 5.41) is 2.47. The number of anilines is 1. The third-order valence-corrected chi connectivity index (χ3v) is 5.98. The quantitative estimate of drug-likeness (QED) is 0.476. The molecular weight excluding hydrogens is 496 g/mol. The van der Waals surface area contributed by atoms with Gasteiger partial charge in [0.1, 0.15) is 0 Å². The number of rotatable bonds is 8. The first kappa shape index (κ1) is 23.9. The second-order valence-corrected chi connectivity index (χ2v) is 8.95. The molecule has 0 bridgehead atoms. The molecule has 2 aromatic rings. The maximum Gasteiger partial charge on any atom is 0.293 e. The van der Waals surface area contributed by atoms with Crippen molar-refractivity contribution < 1.29 is 23.9 Å². The second kappa shape index (κ2) is 10.7. The fourth-order valence-corrected chi connectivity index (χ4v) is 4.36. The lowest BCUT2D eigenvalue weighted by atomic mass is 10.1. The highest BCUT2D eigenvalue weighted by Gasteiger charge is 2.36. The van der Waals surface area contributed by atoms with Crippen LogP contribution in [0, 0.1) is 0 Å². The molecule has 1 N–H and O–H groups in total. The van der Waals surface area contributed by atoms with Gasteiger partial charge in [-0.1, -0.05) is 34.1 Å². The van der Waals surface area contributed by atoms with Gasteiger partial charge in [0.2, 0.25) is 0 Å². The molecule has 7 nitrogen and oxygen atoms in total. The van der Waals surface area contributed by atoms with Crippen LogP contribution < -0.4 is 14.8 Å². The fourth-order valence-electron chi connectivity index (χ4n) is 2.97. The van der Waals surface area contributed by atoms with Crippen LogP contribution in [0.1, 0.15) is 26.3 Å². The van der Waals surface area contributed by atoms with E-state index in [-0.39, 0.29) is 29.7 Å². The summed E-state index contributed by atoms with van der Waals surface area (Å²) < 4.78 is 12.0. The van der Waals surface area contributed by atoms with E-state index in [0.29, 0.717) is 38.7 Å². The molecule has 0 unspecified atom stereocenters. The second-order valence-electron chi connectivity index (χ2n) is 7.10. The van der Waals surface area contributed by atoms with Crippen LogP contribution in [0.5, 0.6) is 11.5 Å². The number of amides is 3. The maximum atomic E-state index is 12.6. The van der Waals surface area contributed by atoms with E-state index in [9.17, 15) is 14.4 Å². The normalized spacial score (nSPS) is 14.9. The van der Waals surface area contributed by atoms with Crippen LogP contribution in [-0.4, -0.2) is 41.2 Å². The Hall–Kier alpha value is -2.78. The first-order valence-electron chi connectivity index (χ1n) is 10.0. The van der Waals surface area contributed by atoms with Crippen molar-refractivity contribution in [2.45, 2.75) is 26.8 Å². The molecule has 0 spiro atoms. The van der Waals surface area contributed by atoms with Crippen molar-refractivity contribution in [2.24, 2.45) is 0 Å². The molecule has 2 aromatic carbocycles. The molecule has 3 rings (SSSR count). The first-order valence-corrected chi connectivity index (χ1v) is 11.6. The summed E-state index contributed by atoms with van der Waals surface area (Å²) in [6.07, 6.45) is 1.64. The van der Waals surface area contributed by atoms with Gasteiger partial charge in [0.05, 0.1) is 11.5 Å². The largest absolute Gasteiger partial charge is 0.490 e. The van der Waals surface area contributed by atoms with E-state index in [2.05, 4.69) is 21.2 Å². The van der Waals surface area contributed by atoms with E-state index < -0.39 is 0 Å². The number of nitrogens with one attached hydrogen (secondary N) is 1. The van der Waals surface area contributed by atoms with E-state index in [1.54, 1.807) is 44.2 Å². The van der Waals surface area contributed by atoms with Crippen molar-refractivity contribution in [3.05, 3.63) is 57.4 Å². The Morgan fingerprint density at radius 1 is 1.16 bits per heavy atom. The zero-order valence-electron chi connectivity index (χ0n) is 17.9. The molecule has 0 aromatic heterocycles.